The van der Waals surface area contributed by atoms with Crippen molar-refractivity contribution in [2.45, 2.75) is 18.5 Å². The van der Waals surface area contributed by atoms with Gasteiger partial charge in [-0.3, -0.25) is 4.79 Å². The summed E-state index contributed by atoms with van der Waals surface area (Å²) in [6.45, 7) is 0.577. The molecule has 0 heterocycles. The fourth-order valence-electron chi connectivity index (χ4n) is 1.53. The molecule has 7 heteroatoms. The van der Waals surface area contributed by atoms with Crippen LogP contribution >= 0.6 is 11.8 Å². The summed E-state index contributed by atoms with van der Waals surface area (Å²) in [7, 11) is 0. The quantitative estimate of drug-likeness (QED) is 0.759. The summed E-state index contributed by atoms with van der Waals surface area (Å²) in [5.74, 6) is -0.995. The van der Waals surface area contributed by atoms with Crippen molar-refractivity contribution in [1.29, 1.82) is 0 Å². The summed E-state index contributed by atoms with van der Waals surface area (Å²) in [4.78, 5) is 10.7. The summed E-state index contributed by atoms with van der Waals surface area (Å²) < 4.78 is 35.7. The van der Waals surface area contributed by atoms with E-state index in [1.54, 1.807) is 24.3 Å². The number of aliphatic carboxylic acids is 1. The van der Waals surface area contributed by atoms with Crippen molar-refractivity contribution in [2.75, 3.05) is 12.3 Å². The molecule has 106 valence electrons. The summed E-state index contributed by atoms with van der Waals surface area (Å²) >= 11 is -0.0731. The predicted octanol–water partition coefficient (Wildman–Crippen LogP) is 2.66. The number of hydrogen-bond donors (Lipinski definition) is 2. The van der Waals surface area contributed by atoms with Crippen molar-refractivity contribution >= 4 is 17.7 Å². The number of nitrogens with one attached hydrogen (secondary N) is 1. The topological polar surface area (TPSA) is 49.3 Å². The van der Waals surface area contributed by atoms with Gasteiger partial charge in [0, 0.05) is 18.8 Å². The number of rotatable bonds is 7. The molecule has 1 aromatic rings. The number of hydrogen-bond acceptors (Lipinski definition) is 3. The third-order valence-corrected chi connectivity index (χ3v) is 3.06. The average Bonchev–Trinajstić information content (AvgIpc) is 2.28. The van der Waals surface area contributed by atoms with Crippen molar-refractivity contribution in [3.8, 4) is 0 Å². The van der Waals surface area contributed by atoms with E-state index < -0.39 is 11.5 Å². The van der Waals surface area contributed by atoms with Gasteiger partial charge in [-0.15, -0.1) is 0 Å². The lowest BCUT2D eigenvalue weighted by atomic mass is 10.0. The molecule has 0 atom stereocenters. The molecule has 1 rings (SSSR count). The Morgan fingerprint density at radius 2 is 1.89 bits per heavy atom. The number of benzene rings is 1. The Hall–Kier alpha value is -1.21. The lowest BCUT2D eigenvalue weighted by molar-refractivity contribution is -0.136. The van der Waals surface area contributed by atoms with E-state index in [2.05, 4.69) is 5.32 Å². The molecular formula is C12H14F3NO2S. The van der Waals surface area contributed by atoms with Crippen LogP contribution < -0.4 is 5.32 Å². The highest BCUT2D eigenvalue weighted by Crippen LogP contribution is 2.29. The third kappa shape index (κ3) is 7.07. The summed E-state index contributed by atoms with van der Waals surface area (Å²) in [6, 6.07) is 6.98. The maximum absolute atomic E-state index is 11.9. The fourth-order valence-corrected chi connectivity index (χ4v) is 2.01. The number of carboxylic acids is 1. The Morgan fingerprint density at radius 3 is 2.47 bits per heavy atom. The van der Waals surface area contributed by atoms with Crippen LogP contribution in [0.25, 0.3) is 0 Å². The zero-order valence-electron chi connectivity index (χ0n) is 10.0. The molecule has 0 amide bonds. The third-order valence-electron chi connectivity index (χ3n) is 2.32. The van der Waals surface area contributed by atoms with Gasteiger partial charge in [-0.25, -0.2) is 0 Å². The Kier molecular flexibility index (Phi) is 6.17. The van der Waals surface area contributed by atoms with Crippen LogP contribution in [0.4, 0.5) is 13.2 Å². The molecule has 0 spiro atoms. The number of halogens is 3. The van der Waals surface area contributed by atoms with Gasteiger partial charge in [-0.1, -0.05) is 24.3 Å². The van der Waals surface area contributed by atoms with E-state index in [0.717, 1.165) is 5.56 Å². The van der Waals surface area contributed by atoms with Crippen LogP contribution in [0.15, 0.2) is 24.3 Å². The van der Waals surface area contributed by atoms with Gasteiger partial charge in [0.25, 0.3) is 0 Å². The second-order valence-corrected chi connectivity index (χ2v) is 4.97. The highest BCUT2D eigenvalue weighted by molar-refractivity contribution is 8.00. The van der Waals surface area contributed by atoms with Crippen LogP contribution in [-0.2, 0) is 17.8 Å². The second-order valence-electron chi connectivity index (χ2n) is 3.81. The number of alkyl halides is 3. The first-order valence-corrected chi connectivity index (χ1v) is 6.57. The SMILES string of the molecule is O=C(O)Cc1ccccc1CNCCSC(F)(F)F. The van der Waals surface area contributed by atoms with Crippen LogP contribution in [-0.4, -0.2) is 28.9 Å². The van der Waals surface area contributed by atoms with Gasteiger partial charge in [-0.05, 0) is 22.9 Å². The molecule has 0 fully saturated rings. The molecule has 0 radical (unpaired) electrons. The van der Waals surface area contributed by atoms with E-state index in [4.69, 9.17) is 5.11 Å². The summed E-state index contributed by atoms with van der Waals surface area (Å²) in [6.07, 6.45) is -0.0881. The van der Waals surface area contributed by atoms with E-state index in [-0.39, 0.29) is 30.5 Å². The molecule has 0 aromatic heterocycles. The van der Waals surface area contributed by atoms with Gasteiger partial charge in [0.15, 0.2) is 0 Å². The van der Waals surface area contributed by atoms with Crippen molar-refractivity contribution in [3.63, 3.8) is 0 Å². The van der Waals surface area contributed by atoms with Crippen LogP contribution in [0, 0.1) is 0 Å². The molecular weight excluding hydrogens is 279 g/mol. The fraction of sp³-hybridized carbons (Fsp3) is 0.417. The first kappa shape index (κ1) is 15.8. The predicted molar refractivity (Wildman–Crippen MR) is 68.0 cm³/mol. The van der Waals surface area contributed by atoms with E-state index in [9.17, 15) is 18.0 Å². The molecule has 0 aliphatic rings. The minimum absolute atomic E-state index is 0.0649. The van der Waals surface area contributed by atoms with Gasteiger partial charge in [-0.2, -0.15) is 13.2 Å². The Morgan fingerprint density at radius 1 is 1.26 bits per heavy atom. The Bertz CT molecular complexity index is 424. The van der Waals surface area contributed by atoms with E-state index in [1.807, 2.05) is 0 Å². The molecule has 2 N–H and O–H groups in total. The maximum atomic E-state index is 11.9. The van der Waals surface area contributed by atoms with Crippen LogP contribution in [0.2, 0.25) is 0 Å². The molecule has 0 aliphatic heterocycles. The van der Waals surface area contributed by atoms with Gasteiger partial charge < -0.3 is 10.4 Å². The molecule has 3 nitrogen and oxygen atoms in total. The summed E-state index contributed by atoms with van der Waals surface area (Å²) in [5, 5.41) is 11.6. The summed E-state index contributed by atoms with van der Waals surface area (Å²) in [5.41, 5.74) is -2.74. The Labute approximate surface area is 113 Å². The van der Waals surface area contributed by atoms with Gasteiger partial charge in [0.2, 0.25) is 0 Å². The van der Waals surface area contributed by atoms with Crippen LogP contribution in [0.1, 0.15) is 11.1 Å². The van der Waals surface area contributed by atoms with Crippen LogP contribution in [0.5, 0.6) is 0 Å². The van der Waals surface area contributed by atoms with E-state index in [1.165, 1.54) is 0 Å². The average molecular weight is 293 g/mol. The molecule has 0 saturated heterocycles. The van der Waals surface area contributed by atoms with Gasteiger partial charge in [0.1, 0.15) is 0 Å². The minimum Gasteiger partial charge on any atom is -0.481 e. The smallest absolute Gasteiger partial charge is 0.441 e. The van der Waals surface area contributed by atoms with E-state index in [0.29, 0.717) is 12.1 Å². The highest BCUT2D eigenvalue weighted by Gasteiger charge is 2.27. The zero-order valence-corrected chi connectivity index (χ0v) is 10.9. The van der Waals surface area contributed by atoms with Crippen molar-refractivity contribution < 1.29 is 23.1 Å². The normalized spacial score (nSPS) is 11.5. The van der Waals surface area contributed by atoms with Crippen LogP contribution in [0.3, 0.4) is 0 Å². The first-order chi connectivity index (χ1) is 8.88. The van der Waals surface area contributed by atoms with Gasteiger partial charge >= 0.3 is 11.5 Å². The number of carboxylic acid groups (broad SMARTS) is 1. The Balaban J connectivity index is 2.38. The largest absolute Gasteiger partial charge is 0.481 e. The lowest BCUT2D eigenvalue weighted by Crippen LogP contribution is -2.19. The molecule has 0 saturated carbocycles. The molecule has 19 heavy (non-hydrogen) atoms. The standard InChI is InChI=1S/C12H14F3NO2S/c13-12(14,15)19-6-5-16-8-10-4-2-1-3-9(10)7-11(17)18/h1-4,16H,5-8H2,(H,17,18). The molecule has 0 aliphatic carbocycles. The molecule has 0 unspecified atom stereocenters. The first-order valence-electron chi connectivity index (χ1n) is 5.58. The van der Waals surface area contributed by atoms with Crippen molar-refractivity contribution in [1.82, 2.24) is 5.32 Å². The van der Waals surface area contributed by atoms with Crippen molar-refractivity contribution in [3.05, 3.63) is 35.4 Å². The zero-order chi connectivity index (χ0) is 14.3. The maximum Gasteiger partial charge on any atom is 0.441 e. The number of thioether (sulfide) groups is 1. The van der Waals surface area contributed by atoms with Gasteiger partial charge in [0.05, 0.1) is 6.42 Å². The second kappa shape index (κ2) is 7.40. The molecule has 0 bridgehead atoms. The van der Waals surface area contributed by atoms with E-state index >= 15 is 0 Å². The highest BCUT2D eigenvalue weighted by atomic mass is 32.2. The van der Waals surface area contributed by atoms with Crippen molar-refractivity contribution in [2.24, 2.45) is 0 Å². The number of carbonyl (C=O) groups is 1. The molecule has 1 aromatic carbocycles. The monoisotopic (exact) mass is 293 g/mol. The minimum atomic E-state index is -4.21. The lowest BCUT2D eigenvalue weighted by Gasteiger charge is -2.10.